The highest BCUT2D eigenvalue weighted by Gasteiger charge is 2.33. The maximum absolute atomic E-state index is 12.1. The van der Waals surface area contributed by atoms with Crippen molar-refractivity contribution in [2.45, 2.75) is 32.6 Å². The topological polar surface area (TPSA) is 60.2 Å². The van der Waals surface area contributed by atoms with Gasteiger partial charge in [0.2, 0.25) is 5.91 Å². The van der Waals surface area contributed by atoms with Crippen LogP contribution in [0.1, 0.15) is 36.9 Å². The van der Waals surface area contributed by atoms with Crippen molar-refractivity contribution >= 4 is 11.7 Å². The number of aryl methyl sites for hydroxylation is 1. The lowest BCUT2D eigenvalue weighted by Crippen LogP contribution is -2.40. The lowest BCUT2D eigenvalue weighted by molar-refractivity contribution is -0.131. The lowest BCUT2D eigenvalue weighted by atomic mass is 9.96. The first-order valence-electron chi connectivity index (χ1n) is 8.46. The molecule has 2 fully saturated rings. The monoisotopic (exact) mass is 312 g/mol. The van der Waals surface area contributed by atoms with Crippen LogP contribution in [-0.4, -0.2) is 42.5 Å². The number of nitrogens with zero attached hydrogens (tertiary/aromatic N) is 4. The first-order chi connectivity index (χ1) is 11.1. The highest BCUT2D eigenvalue weighted by Crippen LogP contribution is 2.31. The molecule has 0 spiro atoms. The molecule has 1 amide bonds. The summed E-state index contributed by atoms with van der Waals surface area (Å²) in [5.41, 5.74) is 1.59. The molecule has 0 aromatic carbocycles. The van der Waals surface area contributed by atoms with Gasteiger partial charge in [-0.15, -0.1) is 0 Å². The van der Waals surface area contributed by atoms with E-state index in [0.717, 1.165) is 56.8 Å². The molecule has 0 N–H and O–H groups in total. The second-order valence-electron chi connectivity index (χ2n) is 6.86. The maximum atomic E-state index is 12.1. The summed E-state index contributed by atoms with van der Waals surface area (Å²) >= 11 is 0. The van der Waals surface area contributed by atoms with Crippen LogP contribution < -0.4 is 4.90 Å². The van der Waals surface area contributed by atoms with Crippen LogP contribution in [0.25, 0.3) is 0 Å². The third kappa shape index (κ3) is 3.64. The summed E-state index contributed by atoms with van der Waals surface area (Å²) in [6.07, 6.45) is 4.22. The van der Waals surface area contributed by atoms with Gasteiger partial charge in [-0.1, -0.05) is 0 Å². The van der Waals surface area contributed by atoms with Crippen LogP contribution in [0, 0.1) is 30.1 Å². The summed E-state index contributed by atoms with van der Waals surface area (Å²) < 4.78 is 0. The van der Waals surface area contributed by atoms with Gasteiger partial charge in [0.15, 0.2) is 0 Å². The van der Waals surface area contributed by atoms with E-state index in [1.165, 1.54) is 0 Å². The van der Waals surface area contributed by atoms with Gasteiger partial charge in [0.1, 0.15) is 11.9 Å². The zero-order valence-corrected chi connectivity index (χ0v) is 14.0. The molecule has 0 atom stereocenters. The Bertz CT molecular complexity index is 624. The highest BCUT2D eigenvalue weighted by atomic mass is 16.2. The number of amides is 1. The SMILES string of the molecule is Cc1ccc(C#N)c(N2CCC(CN(C)C(=O)C3CC3)CC2)n1. The summed E-state index contributed by atoms with van der Waals surface area (Å²) in [4.78, 5) is 20.7. The second-order valence-corrected chi connectivity index (χ2v) is 6.86. The number of pyridine rings is 1. The Hall–Kier alpha value is -2.09. The van der Waals surface area contributed by atoms with Gasteiger partial charge in [-0.3, -0.25) is 4.79 Å². The van der Waals surface area contributed by atoms with Crippen LogP contribution in [0.5, 0.6) is 0 Å². The predicted molar refractivity (Wildman–Crippen MR) is 89.0 cm³/mol. The van der Waals surface area contributed by atoms with Gasteiger partial charge >= 0.3 is 0 Å². The first kappa shape index (κ1) is 15.8. The van der Waals surface area contributed by atoms with E-state index in [9.17, 15) is 10.1 Å². The Balaban J connectivity index is 1.57. The zero-order valence-electron chi connectivity index (χ0n) is 14.0. The van der Waals surface area contributed by atoms with E-state index in [0.29, 0.717) is 23.3 Å². The molecule has 1 aromatic rings. The minimum atomic E-state index is 0.301. The fraction of sp³-hybridized carbons (Fsp3) is 0.611. The van der Waals surface area contributed by atoms with Crippen molar-refractivity contribution < 1.29 is 4.79 Å². The molecule has 3 rings (SSSR count). The number of hydrogen-bond donors (Lipinski definition) is 0. The Morgan fingerprint density at radius 1 is 1.35 bits per heavy atom. The number of rotatable bonds is 4. The smallest absolute Gasteiger partial charge is 0.225 e. The Labute approximate surface area is 137 Å². The van der Waals surface area contributed by atoms with Crippen LogP contribution in [0.4, 0.5) is 5.82 Å². The molecule has 1 aromatic heterocycles. The van der Waals surface area contributed by atoms with Crippen LogP contribution in [0.2, 0.25) is 0 Å². The van der Waals surface area contributed by atoms with E-state index in [1.54, 1.807) is 0 Å². The molecule has 2 heterocycles. The molecule has 0 unspecified atom stereocenters. The minimum absolute atomic E-state index is 0.301. The van der Waals surface area contributed by atoms with Gasteiger partial charge < -0.3 is 9.80 Å². The van der Waals surface area contributed by atoms with E-state index < -0.39 is 0 Å². The van der Waals surface area contributed by atoms with Crippen LogP contribution >= 0.6 is 0 Å². The van der Waals surface area contributed by atoms with Crippen LogP contribution in [0.15, 0.2) is 12.1 Å². The average Bonchev–Trinajstić information content (AvgIpc) is 3.39. The van der Waals surface area contributed by atoms with Crippen molar-refractivity contribution in [1.82, 2.24) is 9.88 Å². The number of aromatic nitrogens is 1. The number of anilines is 1. The summed E-state index contributed by atoms with van der Waals surface area (Å²) in [5, 5.41) is 9.27. The summed E-state index contributed by atoms with van der Waals surface area (Å²) in [7, 11) is 1.93. The van der Waals surface area contributed by atoms with E-state index in [2.05, 4.69) is 16.0 Å². The van der Waals surface area contributed by atoms with Crippen molar-refractivity contribution in [3.8, 4) is 6.07 Å². The molecule has 1 saturated heterocycles. The van der Waals surface area contributed by atoms with E-state index in [1.807, 2.05) is 31.0 Å². The van der Waals surface area contributed by atoms with Crippen LogP contribution in [-0.2, 0) is 4.79 Å². The zero-order chi connectivity index (χ0) is 16.4. The highest BCUT2D eigenvalue weighted by molar-refractivity contribution is 5.80. The van der Waals surface area contributed by atoms with Crippen molar-refractivity contribution in [2.24, 2.45) is 11.8 Å². The van der Waals surface area contributed by atoms with E-state index in [4.69, 9.17) is 0 Å². The summed E-state index contributed by atoms with van der Waals surface area (Å²) in [6, 6.07) is 5.98. The second kappa shape index (κ2) is 6.57. The average molecular weight is 312 g/mol. The molecular weight excluding hydrogens is 288 g/mol. The Morgan fingerprint density at radius 3 is 2.65 bits per heavy atom. The van der Waals surface area contributed by atoms with E-state index in [-0.39, 0.29) is 0 Å². The standard InChI is InChI=1S/C18H24N4O/c1-13-3-4-16(11-19)17(20-13)22-9-7-14(8-10-22)12-21(2)18(23)15-5-6-15/h3-4,14-15H,5-10,12H2,1-2H3. The van der Waals surface area contributed by atoms with Gasteiger partial charge in [-0.2, -0.15) is 5.26 Å². The number of hydrogen-bond acceptors (Lipinski definition) is 4. The predicted octanol–water partition coefficient (Wildman–Crippen LogP) is 2.35. The van der Waals surface area contributed by atoms with Gasteiger partial charge in [0.05, 0.1) is 5.56 Å². The van der Waals surface area contributed by atoms with Gasteiger partial charge in [-0.25, -0.2) is 4.98 Å². The first-order valence-corrected chi connectivity index (χ1v) is 8.46. The molecule has 1 aliphatic carbocycles. The Kier molecular flexibility index (Phi) is 4.51. The summed E-state index contributed by atoms with van der Waals surface area (Å²) in [5.74, 6) is 1.98. The molecule has 5 heteroatoms. The minimum Gasteiger partial charge on any atom is -0.355 e. The lowest BCUT2D eigenvalue weighted by Gasteiger charge is -2.35. The van der Waals surface area contributed by atoms with E-state index >= 15 is 0 Å². The molecule has 0 bridgehead atoms. The maximum Gasteiger partial charge on any atom is 0.225 e. The third-order valence-corrected chi connectivity index (χ3v) is 4.88. The van der Waals surface area contributed by atoms with Gasteiger partial charge in [-0.05, 0) is 50.7 Å². The molecule has 23 heavy (non-hydrogen) atoms. The molecule has 5 nitrogen and oxygen atoms in total. The van der Waals surface area contributed by atoms with Crippen LogP contribution in [0.3, 0.4) is 0 Å². The Morgan fingerprint density at radius 2 is 2.04 bits per heavy atom. The number of piperidine rings is 1. The van der Waals surface area contributed by atoms with Crippen molar-refractivity contribution in [3.05, 3.63) is 23.4 Å². The molecule has 122 valence electrons. The number of carbonyl (C=O) groups is 1. The van der Waals surface area contributed by atoms with Crippen molar-refractivity contribution in [2.75, 3.05) is 31.6 Å². The van der Waals surface area contributed by atoms with Gasteiger partial charge in [0.25, 0.3) is 0 Å². The summed E-state index contributed by atoms with van der Waals surface area (Å²) in [6.45, 7) is 4.62. The fourth-order valence-electron chi connectivity index (χ4n) is 3.32. The molecule has 2 aliphatic rings. The number of carbonyl (C=O) groups excluding carboxylic acids is 1. The third-order valence-electron chi connectivity index (χ3n) is 4.88. The normalized spacial score (nSPS) is 18.6. The molecule has 1 aliphatic heterocycles. The molecule has 1 saturated carbocycles. The quantitative estimate of drug-likeness (QED) is 0.856. The number of nitriles is 1. The molecule has 0 radical (unpaired) electrons. The fourth-order valence-corrected chi connectivity index (χ4v) is 3.32. The molecular formula is C18H24N4O. The van der Waals surface area contributed by atoms with Crippen molar-refractivity contribution in [3.63, 3.8) is 0 Å². The van der Waals surface area contributed by atoms with Gasteiger partial charge in [0, 0.05) is 38.3 Å². The largest absolute Gasteiger partial charge is 0.355 e. The van der Waals surface area contributed by atoms with Crippen molar-refractivity contribution in [1.29, 1.82) is 5.26 Å².